The molecular weight excluding hydrogens is 264 g/mol. The molecule has 8 nitrogen and oxygen atoms in total. The molecule has 0 saturated heterocycles. The van der Waals surface area contributed by atoms with Gasteiger partial charge in [-0.05, 0) is 5.92 Å². The van der Waals surface area contributed by atoms with E-state index in [1.165, 1.54) is 13.1 Å². The number of aromatic nitrogens is 1. The van der Waals surface area contributed by atoms with E-state index < -0.39 is 23.8 Å². The molecule has 0 aromatic carbocycles. The Kier molecular flexibility index (Phi) is 5.24. The topological polar surface area (TPSA) is 127 Å². The van der Waals surface area contributed by atoms with E-state index in [2.05, 4.69) is 15.8 Å². The van der Waals surface area contributed by atoms with Crippen LogP contribution in [0.2, 0.25) is 0 Å². The van der Waals surface area contributed by atoms with E-state index in [1.807, 2.05) is 13.8 Å². The lowest BCUT2D eigenvalue weighted by molar-refractivity contribution is -0.126. The fourth-order valence-electron chi connectivity index (χ4n) is 1.48. The van der Waals surface area contributed by atoms with Gasteiger partial charge in [0, 0.05) is 13.1 Å². The molecule has 3 amide bonds. The van der Waals surface area contributed by atoms with Crippen molar-refractivity contribution in [2.75, 3.05) is 7.05 Å². The third-order valence-corrected chi connectivity index (χ3v) is 2.62. The van der Waals surface area contributed by atoms with Crippen molar-refractivity contribution in [2.24, 2.45) is 5.73 Å². The van der Waals surface area contributed by atoms with Gasteiger partial charge >= 0.3 is 0 Å². The number of rotatable bonds is 6. The number of primary amides is 1. The van der Waals surface area contributed by atoms with Gasteiger partial charge in [-0.25, -0.2) is 0 Å². The summed E-state index contributed by atoms with van der Waals surface area (Å²) >= 11 is 0. The van der Waals surface area contributed by atoms with Crippen molar-refractivity contribution in [3.63, 3.8) is 0 Å². The van der Waals surface area contributed by atoms with Crippen molar-refractivity contribution in [3.8, 4) is 0 Å². The number of nitrogens with zero attached hydrogens (tertiary/aromatic N) is 1. The number of hydrogen-bond donors (Lipinski definition) is 3. The van der Waals surface area contributed by atoms with Gasteiger partial charge in [0.1, 0.15) is 6.04 Å². The minimum Gasteiger partial charge on any atom is -0.370 e. The van der Waals surface area contributed by atoms with E-state index in [-0.39, 0.29) is 18.1 Å². The van der Waals surface area contributed by atoms with E-state index >= 15 is 0 Å². The number of carbonyl (C=O) groups excluding carboxylic acids is 3. The quantitative estimate of drug-likeness (QED) is 0.649. The fraction of sp³-hybridized carbons (Fsp3) is 0.500. The molecule has 20 heavy (non-hydrogen) atoms. The van der Waals surface area contributed by atoms with Crippen LogP contribution in [0.1, 0.15) is 42.4 Å². The molecule has 4 N–H and O–H groups in total. The maximum Gasteiger partial charge on any atom is 0.290 e. The van der Waals surface area contributed by atoms with Crippen molar-refractivity contribution in [1.29, 1.82) is 0 Å². The molecule has 0 saturated carbocycles. The second-order valence-corrected chi connectivity index (χ2v) is 4.58. The zero-order valence-corrected chi connectivity index (χ0v) is 11.6. The van der Waals surface area contributed by atoms with E-state index in [4.69, 9.17) is 10.3 Å². The highest BCUT2D eigenvalue weighted by atomic mass is 16.5. The normalized spacial score (nSPS) is 12.0. The summed E-state index contributed by atoms with van der Waals surface area (Å²) in [6, 6.07) is 0.447. The third-order valence-electron chi connectivity index (χ3n) is 2.62. The molecule has 0 radical (unpaired) electrons. The molecule has 0 bridgehead atoms. The Balaban J connectivity index is 2.78. The lowest BCUT2D eigenvalue weighted by atomic mass is 10.1. The van der Waals surface area contributed by atoms with Gasteiger partial charge in [-0.2, -0.15) is 0 Å². The predicted molar refractivity (Wildman–Crippen MR) is 69.7 cm³/mol. The zero-order chi connectivity index (χ0) is 15.3. The first kappa shape index (κ1) is 15.7. The molecule has 8 heteroatoms. The maximum absolute atomic E-state index is 11.9. The highest BCUT2D eigenvalue weighted by Crippen LogP contribution is 2.14. The van der Waals surface area contributed by atoms with Crippen LogP contribution in [0.15, 0.2) is 10.6 Å². The van der Waals surface area contributed by atoms with E-state index in [0.717, 1.165) is 0 Å². The Morgan fingerprint density at radius 1 is 1.40 bits per heavy atom. The Hall–Kier alpha value is -2.38. The van der Waals surface area contributed by atoms with Gasteiger partial charge in [0.15, 0.2) is 0 Å². The first-order chi connectivity index (χ1) is 9.35. The van der Waals surface area contributed by atoms with Gasteiger partial charge in [0.05, 0.1) is 12.1 Å². The van der Waals surface area contributed by atoms with Crippen LogP contribution in [0.3, 0.4) is 0 Å². The predicted octanol–water partition coefficient (Wildman–Crippen LogP) is -0.482. The van der Waals surface area contributed by atoms with Crippen LogP contribution in [-0.2, 0) is 9.59 Å². The number of nitrogens with two attached hydrogens (primary N) is 1. The van der Waals surface area contributed by atoms with E-state index in [1.54, 1.807) is 0 Å². The first-order valence-electron chi connectivity index (χ1n) is 6.12. The molecule has 1 aromatic rings. The standard InChI is InChI=1S/C12H18N4O4/c1-6(2)7-4-9(20-16-7)12(19)15-8(5-10(13)17)11(18)14-3/h4,6,8H,5H2,1-3H3,(H2,13,17)(H,14,18)(H,15,19)/t8-/m0/s1. The lowest BCUT2D eigenvalue weighted by Crippen LogP contribution is -2.47. The second kappa shape index (κ2) is 6.69. The van der Waals surface area contributed by atoms with E-state index in [0.29, 0.717) is 5.69 Å². The third kappa shape index (κ3) is 4.08. The highest BCUT2D eigenvalue weighted by Gasteiger charge is 2.24. The molecule has 0 unspecified atom stereocenters. The molecule has 1 rings (SSSR count). The van der Waals surface area contributed by atoms with Crippen LogP contribution in [0.4, 0.5) is 0 Å². The number of likely N-dealkylation sites (N-methyl/N-ethyl adjacent to an activating group) is 1. The minimum absolute atomic E-state index is 0.0212. The van der Waals surface area contributed by atoms with Gasteiger partial charge in [-0.15, -0.1) is 0 Å². The average Bonchev–Trinajstić information content (AvgIpc) is 2.86. The molecule has 110 valence electrons. The summed E-state index contributed by atoms with van der Waals surface area (Å²) < 4.78 is 4.90. The Labute approximate surface area is 116 Å². The summed E-state index contributed by atoms with van der Waals surface area (Å²) in [7, 11) is 1.40. The van der Waals surface area contributed by atoms with Crippen molar-refractivity contribution in [1.82, 2.24) is 15.8 Å². The lowest BCUT2D eigenvalue weighted by Gasteiger charge is -2.14. The minimum atomic E-state index is -1.04. The fourth-order valence-corrected chi connectivity index (χ4v) is 1.48. The van der Waals surface area contributed by atoms with Crippen LogP contribution >= 0.6 is 0 Å². The Morgan fingerprint density at radius 3 is 2.50 bits per heavy atom. The summed E-state index contributed by atoms with van der Waals surface area (Å²) in [6.07, 6.45) is -0.295. The van der Waals surface area contributed by atoms with Crippen LogP contribution in [0, 0.1) is 0 Å². The summed E-state index contributed by atoms with van der Waals surface area (Å²) in [5.41, 5.74) is 5.66. The number of amides is 3. The molecular formula is C12H18N4O4. The first-order valence-corrected chi connectivity index (χ1v) is 6.12. The molecule has 1 atom stereocenters. The average molecular weight is 282 g/mol. The Morgan fingerprint density at radius 2 is 2.05 bits per heavy atom. The van der Waals surface area contributed by atoms with Gasteiger partial charge in [0.25, 0.3) is 5.91 Å². The van der Waals surface area contributed by atoms with Crippen LogP contribution in [0.25, 0.3) is 0 Å². The van der Waals surface area contributed by atoms with Gasteiger partial charge < -0.3 is 20.9 Å². The molecule has 1 heterocycles. The van der Waals surface area contributed by atoms with Crippen molar-refractivity contribution in [3.05, 3.63) is 17.5 Å². The van der Waals surface area contributed by atoms with E-state index in [9.17, 15) is 14.4 Å². The molecule has 0 spiro atoms. The van der Waals surface area contributed by atoms with Crippen LogP contribution < -0.4 is 16.4 Å². The van der Waals surface area contributed by atoms with Gasteiger partial charge in [0.2, 0.25) is 17.6 Å². The van der Waals surface area contributed by atoms with Gasteiger partial charge in [-0.3, -0.25) is 14.4 Å². The maximum atomic E-state index is 11.9. The van der Waals surface area contributed by atoms with Gasteiger partial charge in [-0.1, -0.05) is 19.0 Å². The summed E-state index contributed by atoms with van der Waals surface area (Å²) in [4.78, 5) is 34.4. The number of carbonyl (C=O) groups is 3. The Bertz CT molecular complexity index is 509. The summed E-state index contributed by atoms with van der Waals surface area (Å²) in [5.74, 6) is -1.74. The second-order valence-electron chi connectivity index (χ2n) is 4.58. The summed E-state index contributed by atoms with van der Waals surface area (Å²) in [5, 5.41) is 8.47. The number of nitrogens with one attached hydrogen (secondary N) is 2. The molecule has 0 aliphatic rings. The molecule has 0 aliphatic carbocycles. The molecule has 1 aromatic heterocycles. The van der Waals surface area contributed by atoms with Crippen molar-refractivity contribution in [2.45, 2.75) is 32.2 Å². The van der Waals surface area contributed by atoms with Crippen molar-refractivity contribution >= 4 is 17.7 Å². The van der Waals surface area contributed by atoms with Crippen LogP contribution in [0.5, 0.6) is 0 Å². The summed E-state index contributed by atoms with van der Waals surface area (Å²) in [6.45, 7) is 3.81. The monoisotopic (exact) mass is 282 g/mol. The molecule has 0 aliphatic heterocycles. The van der Waals surface area contributed by atoms with Crippen LogP contribution in [-0.4, -0.2) is 36.0 Å². The molecule has 0 fully saturated rings. The SMILES string of the molecule is CNC(=O)[C@H](CC(N)=O)NC(=O)c1cc(C(C)C)no1. The van der Waals surface area contributed by atoms with Crippen molar-refractivity contribution < 1.29 is 18.9 Å². The largest absolute Gasteiger partial charge is 0.370 e. The smallest absolute Gasteiger partial charge is 0.290 e. The number of hydrogen-bond acceptors (Lipinski definition) is 5. The zero-order valence-electron chi connectivity index (χ0n) is 11.6. The highest BCUT2D eigenvalue weighted by molar-refractivity contribution is 5.97.